The number of benzene rings is 1. The van der Waals surface area contributed by atoms with Crippen molar-refractivity contribution >= 4 is 0 Å². The molecule has 0 unspecified atom stereocenters. The normalized spacial score (nSPS) is 39.4. The van der Waals surface area contributed by atoms with Gasteiger partial charge in [-0.3, -0.25) is 4.90 Å². The Morgan fingerprint density at radius 2 is 2.15 bits per heavy atom. The Kier molecular flexibility index (Phi) is 3.09. The monoisotopic (exact) mass is 273 g/mol. The van der Waals surface area contributed by atoms with Crippen LogP contribution in [0.2, 0.25) is 0 Å². The van der Waals surface area contributed by atoms with Crippen LogP contribution in [-0.4, -0.2) is 48.0 Å². The number of fused-ring (bicyclic) bond motifs is 1. The summed E-state index contributed by atoms with van der Waals surface area (Å²) in [5.41, 5.74) is 1.49. The van der Waals surface area contributed by atoms with Crippen molar-refractivity contribution in [2.45, 2.75) is 31.0 Å². The van der Waals surface area contributed by atoms with E-state index in [9.17, 15) is 5.11 Å². The summed E-state index contributed by atoms with van der Waals surface area (Å²) >= 11 is 0. The minimum absolute atomic E-state index is 0.0781. The minimum Gasteiger partial charge on any atom is -0.396 e. The van der Waals surface area contributed by atoms with Crippen LogP contribution < -0.4 is 0 Å². The van der Waals surface area contributed by atoms with Crippen LogP contribution in [0.1, 0.15) is 18.4 Å². The molecule has 0 saturated carbocycles. The van der Waals surface area contributed by atoms with Crippen LogP contribution in [0.3, 0.4) is 0 Å². The maximum atomic E-state index is 9.63. The lowest BCUT2D eigenvalue weighted by atomic mass is 9.74. The Morgan fingerprint density at radius 1 is 1.30 bits per heavy atom. The van der Waals surface area contributed by atoms with Crippen molar-refractivity contribution in [3.63, 3.8) is 0 Å². The van der Waals surface area contributed by atoms with Crippen molar-refractivity contribution in [3.05, 3.63) is 35.9 Å². The molecule has 0 amide bonds. The number of nitrogens with zero attached hydrogens (tertiary/aromatic N) is 1. The summed E-state index contributed by atoms with van der Waals surface area (Å²) in [5.74, 6) is 0.937. The van der Waals surface area contributed by atoms with Crippen LogP contribution in [0.25, 0.3) is 0 Å². The first-order chi connectivity index (χ1) is 9.81. The Bertz CT molecular complexity index is 477. The van der Waals surface area contributed by atoms with E-state index in [1.165, 1.54) is 12.0 Å². The topological polar surface area (TPSA) is 32.7 Å². The summed E-state index contributed by atoms with van der Waals surface area (Å²) in [4.78, 5) is 2.54. The molecule has 0 aliphatic carbocycles. The predicted octanol–water partition coefficient (Wildman–Crippen LogP) is 1.70. The van der Waals surface area contributed by atoms with E-state index in [1.54, 1.807) is 0 Å². The molecular formula is C17H23NO2. The number of aliphatic hydroxyl groups excluding tert-OH is 1. The van der Waals surface area contributed by atoms with Crippen LogP contribution in [0, 0.1) is 11.8 Å². The van der Waals surface area contributed by atoms with Gasteiger partial charge in [0.25, 0.3) is 0 Å². The van der Waals surface area contributed by atoms with Crippen LogP contribution in [0.15, 0.2) is 30.3 Å². The van der Waals surface area contributed by atoms with Crippen molar-refractivity contribution in [1.82, 2.24) is 4.90 Å². The molecule has 0 aromatic heterocycles. The van der Waals surface area contributed by atoms with Gasteiger partial charge in [-0.05, 0) is 24.8 Å². The molecule has 1 spiro atoms. The van der Waals surface area contributed by atoms with E-state index in [0.717, 1.165) is 32.5 Å². The zero-order chi connectivity index (χ0) is 13.6. The van der Waals surface area contributed by atoms with Crippen molar-refractivity contribution < 1.29 is 9.84 Å². The molecule has 4 rings (SSSR count). The van der Waals surface area contributed by atoms with Crippen LogP contribution in [0.4, 0.5) is 0 Å². The quantitative estimate of drug-likeness (QED) is 0.906. The molecule has 20 heavy (non-hydrogen) atoms. The molecule has 3 nitrogen and oxygen atoms in total. The van der Waals surface area contributed by atoms with Gasteiger partial charge in [-0.1, -0.05) is 30.3 Å². The number of hydrogen-bond donors (Lipinski definition) is 1. The van der Waals surface area contributed by atoms with Crippen molar-refractivity contribution in [3.8, 4) is 0 Å². The maximum Gasteiger partial charge on any atom is 0.0858 e. The van der Waals surface area contributed by atoms with Crippen LogP contribution in [-0.2, 0) is 11.2 Å². The first-order valence-electron chi connectivity index (χ1n) is 7.86. The van der Waals surface area contributed by atoms with Gasteiger partial charge in [0, 0.05) is 38.1 Å². The summed E-state index contributed by atoms with van der Waals surface area (Å²) in [6.07, 6.45) is 3.78. The average Bonchev–Trinajstić information content (AvgIpc) is 3.12. The van der Waals surface area contributed by atoms with Gasteiger partial charge >= 0.3 is 0 Å². The second-order valence-corrected chi connectivity index (χ2v) is 6.68. The second-order valence-electron chi connectivity index (χ2n) is 6.68. The first-order valence-corrected chi connectivity index (χ1v) is 7.86. The van der Waals surface area contributed by atoms with Gasteiger partial charge in [0.15, 0.2) is 0 Å². The molecular weight excluding hydrogens is 250 g/mol. The van der Waals surface area contributed by atoms with Crippen molar-refractivity contribution in [2.75, 3.05) is 26.2 Å². The van der Waals surface area contributed by atoms with Gasteiger partial charge in [0.05, 0.1) is 11.7 Å². The summed E-state index contributed by atoms with van der Waals surface area (Å²) in [5, 5.41) is 9.63. The highest BCUT2D eigenvalue weighted by molar-refractivity contribution is 5.16. The smallest absolute Gasteiger partial charge is 0.0858 e. The number of aliphatic hydroxyl groups is 1. The fourth-order valence-corrected chi connectivity index (χ4v) is 4.63. The number of likely N-dealkylation sites (tertiary alicyclic amines) is 1. The van der Waals surface area contributed by atoms with E-state index in [2.05, 4.69) is 35.2 Å². The van der Waals surface area contributed by atoms with Gasteiger partial charge in [0.1, 0.15) is 0 Å². The molecule has 0 radical (unpaired) electrons. The standard InChI is InChI=1S/C17H23NO2/c19-11-14-15-10-18(9-7-13-4-2-1-3-5-13)12-17(15)8-6-16(14)20-17/h1-5,14-16,19H,6-12H2/t14-,15+,16+,17+/m0/s1. The van der Waals surface area contributed by atoms with Crippen molar-refractivity contribution in [2.24, 2.45) is 11.8 Å². The van der Waals surface area contributed by atoms with E-state index in [4.69, 9.17) is 4.74 Å². The number of ether oxygens (including phenoxy) is 1. The summed E-state index contributed by atoms with van der Waals surface area (Å²) in [6.45, 7) is 3.57. The third-order valence-electron chi connectivity index (χ3n) is 5.62. The maximum absolute atomic E-state index is 9.63. The third kappa shape index (κ3) is 1.92. The zero-order valence-electron chi connectivity index (χ0n) is 11.9. The summed E-state index contributed by atoms with van der Waals surface area (Å²) in [6, 6.07) is 10.7. The fraction of sp³-hybridized carbons (Fsp3) is 0.647. The lowest BCUT2D eigenvalue weighted by Gasteiger charge is -2.28. The highest BCUT2D eigenvalue weighted by Gasteiger charge is 2.62. The van der Waals surface area contributed by atoms with Gasteiger partial charge in [-0.25, -0.2) is 0 Å². The zero-order valence-corrected chi connectivity index (χ0v) is 11.9. The lowest BCUT2D eigenvalue weighted by Crippen LogP contribution is -2.37. The van der Waals surface area contributed by atoms with E-state index in [1.807, 2.05) is 0 Å². The van der Waals surface area contributed by atoms with Crippen molar-refractivity contribution in [1.29, 1.82) is 0 Å². The molecule has 1 aromatic rings. The number of rotatable bonds is 4. The Labute approximate surface area is 120 Å². The van der Waals surface area contributed by atoms with Gasteiger partial charge in [-0.15, -0.1) is 0 Å². The van der Waals surface area contributed by atoms with E-state index >= 15 is 0 Å². The van der Waals surface area contributed by atoms with Gasteiger partial charge in [-0.2, -0.15) is 0 Å². The van der Waals surface area contributed by atoms with E-state index < -0.39 is 0 Å². The minimum atomic E-state index is 0.0781. The Balaban J connectivity index is 1.41. The highest BCUT2D eigenvalue weighted by atomic mass is 16.5. The highest BCUT2D eigenvalue weighted by Crippen LogP contribution is 2.54. The Hall–Kier alpha value is -0.900. The largest absolute Gasteiger partial charge is 0.396 e. The van der Waals surface area contributed by atoms with Gasteiger partial charge < -0.3 is 9.84 Å². The second kappa shape index (κ2) is 4.83. The molecule has 3 fully saturated rings. The molecule has 1 aromatic carbocycles. The van der Waals surface area contributed by atoms with Crippen LogP contribution in [0.5, 0.6) is 0 Å². The first kappa shape index (κ1) is 12.8. The molecule has 108 valence electrons. The fourth-order valence-electron chi connectivity index (χ4n) is 4.63. The summed E-state index contributed by atoms with van der Waals surface area (Å²) < 4.78 is 6.27. The predicted molar refractivity (Wildman–Crippen MR) is 77.5 cm³/mol. The molecule has 3 aliphatic rings. The SMILES string of the molecule is OC[C@H]1[C@H]2CN(CCc3ccccc3)C[C@]23CC[C@H]1O3. The molecule has 3 heteroatoms. The summed E-state index contributed by atoms with van der Waals surface area (Å²) in [7, 11) is 0. The molecule has 1 N–H and O–H groups in total. The molecule has 3 aliphatic heterocycles. The molecule has 4 atom stereocenters. The third-order valence-corrected chi connectivity index (χ3v) is 5.62. The van der Waals surface area contributed by atoms with E-state index in [0.29, 0.717) is 24.5 Å². The van der Waals surface area contributed by atoms with E-state index in [-0.39, 0.29) is 5.60 Å². The average molecular weight is 273 g/mol. The number of hydrogen-bond acceptors (Lipinski definition) is 3. The molecule has 3 heterocycles. The Morgan fingerprint density at radius 3 is 2.95 bits per heavy atom. The lowest BCUT2D eigenvalue weighted by molar-refractivity contribution is 0.00114. The van der Waals surface area contributed by atoms with Crippen LogP contribution >= 0.6 is 0 Å². The van der Waals surface area contributed by atoms with Gasteiger partial charge in [0.2, 0.25) is 0 Å². The molecule has 3 saturated heterocycles. The molecule has 2 bridgehead atoms.